The van der Waals surface area contributed by atoms with Gasteiger partial charge in [0.15, 0.2) is 0 Å². The van der Waals surface area contributed by atoms with Crippen molar-refractivity contribution < 1.29 is 24.0 Å². The smallest absolute Gasteiger partial charge is 0.262 e. The Labute approximate surface area is 124 Å². The van der Waals surface area contributed by atoms with Gasteiger partial charge in [-0.25, -0.2) is 0 Å². The monoisotopic (exact) mass is 301 g/mol. The van der Waals surface area contributed by atoms with Crippen molar-refractivity contribution >= 4 is 29.5 Å². The first-order valence-corrected chi connectivity index (χ1v) is 6.55. The summed E-state index contributed by atoms with van der Waals surface area (Å²) < 4.78 is 0. The number of carbonyl (C=O) groups is 5. The number of rotatable bonds is 2. The van der Waals surface area contributed by atoms with Gasteiger partial charge in [0.05, 0.1) is 11.1 Å². The Morgan fingerprint density at radius 3 is 2.45 bits per heavy atom. The fourth-order valence-corrected chi connectivity index (χ4v) is 2.62. The van der Waals surface area contributed by atoms with Crippen LogP contribution >= 0.6 is 0 Å². The van der Waals surface area contributed by atoms with Crippen LogP contribution in [0.15, 0.2) is 18.2 Å². The number of hydrogen-bond donors (Lipinski definition) is 2. The lowest BCUT2D eigenvalue weighted by Gasteiger charge is -2.27. The van der Waals surface area contributed by atoms with Crippen molar-refractivity contribution in [1.82, 2.24) is 10.2 Å². The molecule has 2 aliphatic rings. The van der Waals surface area contributed by atoms with E-state index in [2.05, 4.69) is 5.32 Å². The van der Waals surface area contributed by atoms with Crippen LogP contribution in [-0.2, 0) is 9.59 Å². The summed E-state index contributed by atoms with van der Waals surface area (Å²) in [6, 6.07) is 2.90. The Bertz CT molecular complexity index is 755. The second-order valence-electron chi connectivity index (χ2n) is 5.07. The quantitative estimate of drug-likeness (QED) is 0.690. The van der Waals surface area contributed by atoms with Crippen molar-refractivity contribution in [2.24, 2.45) is 5.73 Å². The van der Waals surface area contributed by atoms with Gasteiger partial charge >= 0.3 is 0 Å². The molecule has 8 heteroatoms. The van der Waals surface area contributed by atoms with E-state index in [0.717, 1.165) is 4.90 Å². The number of primary amides is 1. The van der Waals surface area contributed by atoms with Gasteiger partial charge in [-0.1, -0.05) is 0 Å². The maximum Gasteiger partial charge on any atom is 0.262 e. The van der Waals surface area contributed by atoms with Gasteiger partial charge in [0.1, 0.15) is 6.04 Å². The second kappa shape index (κ2) is 4.76. The number of nitrogens with zero attached hydrogens (tertiary/aromatic N) is 1. The predicted molar refractivity (Wildman–Crippen MR) is 71.6 cm³/mol. The summed E-state index contributed by atoms with van der Waals surface area (Å²) in [5.74, 6) is -3.12. The molecule has 3 rings (SSSR count). The van der Waals surface area contributed by atoms with Crippen LogP contribution < -0.4 is 11.1 Å². The molecule has 5 amide bonds. The number of nitrogens with two attached hydrogens (primary N) is 1. The van der Waals surface area contributed by atoms with E-state index in [1.165, 1.54) is 18.2 Å². The van der Waals surface area contributed by atoms with Crippen molar-refractivity contribution in [3.8, 4) is 0 Å². The minimum atomic E-state index is -1.03. The molecular formula is C14H11N3O5. The zero-order valence-electron chi connectivity index (χ0n) is 11.3. The number of hydrogen-bond acceptors (Lipinski definition) is 5. The summed E-state index contributed by atoms with van der Waals surface area (Å²) in [4.78, 5) is 59.8. The fraction of sp³-hybridized carbons (Fsp3) is 0.214. The Morgan fingerprint density at radius 2 is 1.82 bits per heavy atom. The SMILES string of the molecule is NC(=O)c1ccc2c(c1)C(=O)N(C1CCC(=O)NC1=O)C2=O. The average molecular weight is 301 g/mol. The molecule has 112 valence electrons. The maximum atomic E-state index is 12.4. The number of nitrogens with one attached hydrogen (secondary N) is 1. The highest BCUT2D eigenvalue weighted by Gasteiger charge is 2.44. The molecular weight excluding hydrogens is 290 g/mol. The summed E-state index contributed by atoms with van der Waals surface area (Å²) in [7, 11) is 0. The normalized spacial score (nSPS) is 20.9. The zero-order chi connectivity index (χ0) is 16.0. The van der Waals surface area contributed by atoms with Crippen LogP contribution in [0.25, 0.3) is 0 Å². The van der Waals surface area contributed by atoms with E-state index >= 15 is 0 Å². The van der Waals surface area contributed by atoms with E-state index < -0.39 is 35.6 Å². The van der Waals surface area contributed by atoms with Crippen molar-refractivity contribution in [3.63, 3.8) is 0 Å². The molecule has 0 spiro atoms. The molecule has 0 aromatic heterocycles. The van der Waals surface area contributed by atoms with Gasteiger partial charge in [0, 0.05) is 12.0 Å². The predicted octanol–water partition coefficient (Wildman–Crippen LogP) is -0.813. The van der Waals surface area contributed by atoms with Gasteiger partial charge in [0.25, 0.3) is 11.8 Å². The molecule has 0 bridgehead atoms. The lowest BCUT2D eigenvalue weighted by Crippen LogP contribution is -2.54. The van der Waals surface area contributed by atoms with Crippen LogP contribution in [0, 0.1) is 0 Å². The van der Waals surface area contributed by atoms with Crippen LogP contribution in [-0.4, -0.2) is 40.5 Å². The molecule has 1 fully saturated rings. The second-order valence-corrected chi connectivity index (χ2v) is 5.07. The van der Waals surface area contributed by atoms with Gasteiger partial charge in [-0.3, -0.25) is 34.2 Å². The summed E-state index contributed by atoms with van der Waals surface area (Å²) in [5, 5.41) is 2.11. The van der Waals surface area contributed by atoms with Crippen LogP contribution in [0.1, 0.15) is 43.9 Å². The van der Waals surface area contributed by atoms with Crippen molar-refractivity contribution in [3.05, 3.63) is 34.9 Å². The first-order chi connectivity index (χ1) is 10.4. The average Bonchev–Trinajstić information content (AvgIpc) is 2.71. The van der Waals surface area contributed by atoms with E-state index in [1.54, 1.807) is 0 Å². The molecule has 2 heterocycles. The molecule has 2 aliphatic heterocycles. The Morgan fingerprint density at radius 1 is 1.14 bits per heavy atom. The molecule has 0 radical (unpaired) electrons. The number of imide groups is 2. The topological polar surface area (TPSA) is 127 Å². The first-order valence-electron chi connectivity index (χ1n) is 6.55. The zero-order valence-corrected chi connectivity index (χ0v) is 11.3. The van der Waals surface area contributed by atoms with Crippen molar-refractivity contribution in [2.45, 2.75) is 18.9 Å². The molecule has 8 nitrogen and oxygen atoms in total. The summed E-state index contributed by atoms with van der Waals surface area (Å²) >= 11 is 0. The highest BCUT2D eigenvalue weighted by molar-refractivity contribution is 6.24. The number of piperidine rings is 1. The fourth-order valence-electron chi connectivity index (χ4n) is 2.62. The summed E-state index contributed by atoms with van der Waals surface area (Å²) in [6.45, 7) is 0. The highest BCUT2D eigenvalue weighted by atomic mass is 16.2. The van der Waals surface area contributed by atoms with E-state index in [-0.39, 0.29) is 29.5 Å². The molecule has 3 N–H and O–H groups in total. The standard InChI is InChI=1S/C14H11N3O5/c15-11(19)6-1-2-7-8(5-6)14(22)17(13(7)21)9-3-4-10(18)16-12(9)20/h1-2,5,9H,3-4H2,(H2,15,19)(H,16,18,20). The Kier molecular flexibility index (Phi) is 3.01. The largest absolute Gasteiger partial charge is 0.366 e. The summed E-state index contributed by atoms with van der Waals surface area (Å²) in [6.07, 6.45) is 0.134. The van der Waals surface area contributed by atoms with Gasteiger partial charge in [-0.05, 0) is 24.6 Å². The minimum Gasteiger partial charge on any atom is -0.366 e. The van der Waals surface area contributed by atoms with Crippen LogP contribution in [0.5, 0.6) is 0 Å². The van der Waals surface area contributed by atoms with Crippen molar-refractivity contribution in [2.75, 3.05) is 0 Å². The molecule has 1 aromatic carbocycles. The lowest BCUT2D eigenvalue weighted by molar-refractivity contribution is -0.136. The number of carbonyl (C=O) groups excluding carboxylic acids is 5. The number of fused-ring (bicyclic) bond motifs is 1. The van der Waals surface area contributed by atoms with E-state index in [0.29, 0.717) is 0 Å². The Hall–Kier alpha value is -3.03. The molecule has 1 saturated heterocycles. The third kappa shape index (κ3) is 1.96. The van der Waals surface area contributed by atoms with E-state index in [4.69, 9.17) is 5.73 Å². The minimum absolute atomic E-state index is 0.0333. The van der Waals surface area contributed by atoms with Gasteiger partial charge in [-0.2, -0.15) is 0 Å². The van der Waals surface area contributed by atoms with Gasteiger partial charge < -0.3 is 5.73 Å². The molecule has 0 saturated carbocycles. The lowest BCUT2D eigenvalue weighted by atomic mass is 10.0. The van der Waals surface area contributed by atoms with Gasteiger partial charge in [-0.15, -0.1) is 0 Å². The third-order valence-corrected chi connectivity index (χ3v) is 3.72. The van der Waals surface area contributed by atoms with Crippen LogP contribution in [0.4, 0.5) is 0 Å². The van der Waals surface area contributed by atoms with Crippen LogP contribution in [0.3, 0.4) is 0 Å². The molecule has 1 aromatic rings. The molecule has 22 heavy (non-hydrogen) atoms. The Balaban J connectivity index is 1.98. The molecule has 0 aliphatic carbocycles. The van der Waals surface area contributed by atoms with Crippen LogP contribution in [0.2, 0.25) is 0 Å². The molecule has 1 unspecified atom stereocenters. The third-order valence-electron chi connectivity index (χ3n) is 3.72. The summed E-state index contributed by atoms with van der Waals surface area (Å²) in [5.41, 5.74) is 5.40. The number of amides is 5. The maximum absolute atomic E-state index is 12.4. The van der Waals surface area contributed by atoms with Gasteiger partial charge in [0.2, 0.25) is 17.7 Å². The number of benzene rings is 1. The first kappa shape index (κ1) is 13.9. The highest BCUT2D eigenvalue weighted by Crippen LogP contribution is 2.28. The van der Waals surface area contributed by atoms with E-state index in [1.807, 2.05) is 0 Å². The molecule has 1 atom stereocenters. The van der Waals surface area contributed by atoms with E-state index in [9.17, 15) is 24.0 Å². The van der Waals surface area contributed by atoms with Crippen molar-refractivity contribution in [1.29, 1.82) is 0 Å².